The monoisotopic (exact) mass is 428 g/mol. The highest BCUT2D eigenvalue weighted by atomic mass is 35.5. The summed E-state index contributed by atoms with van der Waals surface area (Å²) in [7, 11) is 1.73. The van der Waals surface area contributed by atoms with Crippen LogP contribution in [-0.4, -0.2) is 45.6 Å². The van der Waals surface area contributed by atoms with E-state index in [1.54, 1.807) is 29.1 Å². The highest BCUT2D eigenvalue weighted by Crippen LogP contribution is 2.37. The van der Waals surface area contributed by atoms with Crippen molar-refractivity contribution in [2.75, 3.05) is 13.6 Å². The van der Waals surface area contributed by atoms with Crippen molar-refractivity contribution in [3.8, 4) is 0 Å². The van der Waals surface area contributed by atoms with Crippen LogP contribution in [0.3, 0.4) is 0 Å². The number of rotatable bonds is 7. The summed E-state index contributed by atoms with van der Waals surface area (Å²) in [6.45, 7) is 3.20. The molecular formula is C23H26ClFN4O. The summed E-state index contributed by atoms with van der Waals surface area (Å²) in [5.41, 5.74) is 4.67. The number of halogens is 2. The molecule has 3 aromatic rings. The molecule has 0 aliphatic carbocycles. The number of hydrogen-bond acceptors (Lipinski definition) is 2. The fraction of sp³-hybridized carbons (Fsp3) is 0.348. The molecule has 1 aliphatic heterocycles. The molecule has 2 amide bonds. The number of hydrazine groups is 1. The lowest BCUT2D eigenvalue weighted by atomic mass is 9.88. The Labute approximate surface area is 181 Å². The van der Waals surface area contributed by atoms with Gasteiger partial charge in [-0.05, 0) is 48.6 Å². The number of nitrogens with zero attached hydrogens (tertiary/aromatic N) is 3. The number of para-hydroxylation sites is 1. The van der Waals surface area contributed by atoms with Crippen molar-refractivity contribution >= 4 is 28.5 Å². The fourth-order valence-corrected chi connectivity index (χ4v) is 4.97. The van der Waals surface area contributed by atoms with E-state index in [0.29, 0.717) is 6.54 Å². The minimum absolute atomic E-state index is 0.0674. The van der Waals surface area contributed by atoms with Crippen LogP contribution in [0.5, 0.6) is 0 Å². The van der Waals surface area contributed by atoms with E-state index >= 15 is 0 Å². The molecule has 1 saturated heterocycles. The number of urea groups is 1. The van der Waals surface area contributed by atoms with E-state index in [1.165, 1.54) is 23.0 Å². The van der Waals surface area contributed by atoms with Gasteiger partial charge in [-0.1, -0.05) is 41.9 Å². The Balaban J connectivity index is 1.67. The van der Waals surface area contributed by atoms with E-state index in [2.05, 4.69) is 34.4 Å². The van der Waals surface area contributed by atoms with Gasteiger partial charge in [-0.25, -0.2) is 14.6 Å². The smallest absolute Gasteiger partial charge is 0.335 e. The molecule has 0 spiro atoms. The van der Waals surface area contributed by atoms with E-state index in [1.807, 2.05) is 19.1 Å². The first-order valence-electron chi connectivity index (χ1n) is 10.3. The molecule has 0 bridgehead atoms. The van der Waals surface area contributed by atoms with Crippen LogP contribution in [0.25, 0.3) is 10.9 Å². The van der Waals surface area contributed by atoms with Crippen LogP contribution in [0.4, 0.5) is 9.18 Å². The van der Waals surface area contributed by atoms with Crippen molar-refractivity contribution in [3.63, 3.8) is 0 Å². The second-order valence-corrected chi connectivity index (χ2v) is 7.99. The Morgan fingerprint density at radius 1 is 1.13 bits per heavy atom. The summed E-state index contributed by atoms with van der Waals surface area (Å²) < 4.78 is 15.8. The maximum Gasteiger partial charge on any atom is 0.335 e. The van der Waals surface area contributed by atoms with E-state index in [0.717, 1.165) is 18.5 Å². The van der Waals surface area contributed by atoms with Crippen molar-refractivity contribution in [1.29, 1.82) is 0 Å². The van der Waals surface area contributed by atoms with Crippen molar-refractivity contribution in [1.82, 2.24) is 19.9 Å². The topological polar surface area (TPSA) is 40.5 Å². The number of amides is 2. The van der Waals surface area contributed by atoms with Crippen LogP contribution >= 0.6 is 11.6 Å². The second-order valence-electron chi connectivity index (χ2n) is 7.54. The lowest BCUT2D eigenvalue weighted by Crippen LogP contribution is -2.47. The highest BCUT2D eigenvalue weighted by molar-refractivity contribution is 6.22. The third kappa shape index (κ3) is 3.66. The second kappa shape index (κ2) is 8.66. The number of benzene rings is 2. The van der Waals surface area contributed by atoms with Gasteiger partial charge in [0, 0.05) is 37.8 Å². The summed E-state index contributed by atoms with van der Waals surface area (Å²) in [5, 5.41) is 2.80. The van der Waals surface area contributed by atoms with E-state index in [-0.39, 0.29) is 23.8 Å². The van der Waals surface area contributed by atoms with Gasteiger partial charge >= 0.3 is 6.03 Å². The van der Waals surface area contributed by atoms with E-state index < -0.39 is 5.50 Å². The third-order valence-corrected chi connectivity index (χ3v) is 6.48. The van der Waals surface area contributed by atoms with Crippen molar-refractivity contribution < 1.29 is 9.18 Å². The Kier molecular flexibility index (Phi) is 5.97. The molecule has 7 heteroatoms. The zero-order valence-electron chi connectivity index (χ0n) is 17.1. The normalized spacial score (nSPS) is 20.3. The van der Waals surface area contributed by atoms with Crippen molar-refractivity contribution in [3.05, 3.63) is 72.2 Å². The Morgan fingerprint density at radius 2 is 1.87 bits per heavy atom. The number of likely N-dealkylation sites (N-methyl/N-ethyl adjacent to an activating group) is 1. The predicted molar refractivity (Wildman–Crippen MR) is 118 cm³/mol. The Bertz CT molecular complexity index is 1020. The number of fused-ring (bicyclic) bond motifs is 1. The first-order valence-corrected chi connectivity index (χ1v) is 10.7. The zero-order valence-corrected chi connectivity index (χ0v) is 17.9. The summed E-state index contributed by atoms with van der Waals surface area (Å²) in [4.78, 5) is 14.5. The number of aromatic nitrogens is 1. The van der Waals surface area contributed by atoms with Gasteiger partial charge in [0.1, 0.15) is 11.3 Å². The van der Waals surface area contributed by atoms with Crippen LogP contribution in [0.1, 0.15) is 24.8 Å². The maximum atomic E-state index is 13.6. The van der Waals surface area contributed by atoms with Crippen LogP contribution < -0.4 is 5.43 Å². The molecule has 2 heterocycles. The van der Waals surface area contributed by atoms with Crippen LogP contribution in [0, 0.1) is 5.82 Å². The van der Waals surface area contributed by atoms with Crippen LogP contribution in [0.15, 0.2) is 60.8 Å². The molecule has 1 fully saturated rings. The van der Waals surface area contributed by atoms with Gasteiger partial charge in [0.15, 0.2) is 0 Å². The van der Waals surface area contributed by atoms with Gasteiger partial charge in [0.2, 0.25) is 0 Å². The number of carbonyl (C=O) groups is 1. The number of hydrogen-bond donors (Lipinski definition) is 1. The molecule has 158 valence electrons. The first-order chi connectivity index (χ1) is 14.5. The Hall–Kier alpha value is -2.57. The molecule has 2 aromatic carbocycles. The zero-order chi connectivity index (χ0) is 21.3. The van der Waals surface area contributed by atoms with Gasteiger partial charge in [0.25, 0.3) is 0 Å². The van der Waals surface area contributed by atoms with Crippen molar-refractivity contribution in [2.45, 2.75) is 37.4 Å². The minimum Gasteiger partial charge on any atom is -0.347 e. The van der Waals surface area contributed by atoms with Gasteiger partial charge < -0.3 is 9.47 Å². The van der Waals surface area contributed by atoms with Gasteiger partial charge in [-0.3, -0.25) is 5.01 Å². The maximum absolute atomic E-state index is 13.6. The van der Waals surface area contributed by atoms with Crippen LogP contribution in [-0.2, 0) is 6.54 Å². The average Bonchev–Trinajstić information content (AvgIpc) is 3.27. The molecular weight excluding hydrogens is 403 g/mol. The summed E-state index contributed by atoms with van der Waals surface area (Å²) >= 11 is 6.79. The number of aryl methyl sites for hydroxylation is 1. The minimum atomic E-state index is -0.480. The molecule has 1 aromatic heterocycles. The van der Waals surface area contributed by atoms with Gasteiger partial charge in [-0.15, -0.1) is 0 Å². The summed E-state index contributed by atoms with van der Waals surface area (Å²) in [5.74, 6) is -0.346. The molecule has 4 rings (SSSR count). The Morgan fingerprint density at radius 3 is 2.57 bits per heavy atom. The summed E-state index contributed by atoms with van der Waals surface area (Å²) in [6.07, 6.45) is 2.83. The van der Waals surface area contributed by atoms with Crippen LogP contribution in [0.2, 0.25) is 0 Å². The molecule has 1 aliphatic rings. The molecule has 30 heavy (non-hydrogen) atoms. The van der Waals surface area contributed by atoms with E-state index in [4.69, 9.17) is 11.6 Å². The van der Waals surface area contributed by atoms with Gasteiger partial charge in [0.05, 0.1) is 6.04 Å². The standard InChI is InChI=1S/C23H26ClFN4O/c1-3-28-22(24)21(29(26-2)23(28)30)19(16-8-10-18(25)11-9-16)13-15-27-14-12-17-6-4-5-7-20(17)27/h4-12,14,19,21-22,26H,3,13,15H2,1-2H3. The lowest BCUT2D eigenvalue weighted by molar-refractivity contribution is 0.158. The lowest BCUT2D eigenvalue weighted by Gasteiger charge is -2.32. The van der Waals surface area contributed by atoms with Crippen molar-refractivity contribution in [2.24, 2.45) is 0 Å². The predicted octanol–water partition coefficient (Wildman–Crippen LogP) is 4.78. The average molecular weight is 429 g/mol. The quantitative estimate of drug-likeness (QED) is 0.434. The molecule has 0 saturated carbocycles. The third-order valence-electron chi connectivity index (χ3n) is 5.98. The number of carbonyl (C=O) groups excluding carboxylic acids is 1. The first kappa shape index (κ1) is 20.7. The SMILES string of the molecule is CCN1C(=O)N(NC)C(C(CCn2ccc3ccccc32)c2ccc(F)cc2)C1Cl. The number of nitrogens with one attached hydrogen (secondary N) is 1. The highest BCUT2D eigenvalue weighted by Gasteiger charge is 2.48. The molecule has 3 atom stereocenters. The molecule has 5 nitrogen and oxygen atoms in total. The summed E-state index contributed by atoms with van der Waals surface area (Å²) in [6, 6.07) is 16.5. The van der Waals surface area contributed by atoms with Gasteiger partial charge in [-0.2, -0.15) is 0 Å². The largest absolute Gasteiger partial charge is 0.347 e. The molecule has 3 unspecified atom stereocenters. The number of alkyl halides is 1. The molecule has 1 N–H and O–H groups in total. The fourth-order valence-electron chi connectivity index (χ4n) is 4.46. The molecule has 0 radical (unpaired) electrons. The van der Waals surface area contributed by atoms with E-state index in [9.17, 15) is 9.18 Å².